The van der Waals surface area contributed by atoms with Crippen LogP contribution < -0.4 is 10.6 Å². The first-order valence-electron chi connectivity index (χ1n) is 7.78. The zero-order valence-electron chi connectivity index (χ0n) is 13.3. The molecule has 0 unspecified atom stereocenters. The number of nitrogens with one attached hydrogen (secondary N) is 2. The molecule has 5 heteroatoms. The lowest BCUT2D eigenvalue weighted by atomic mass is 10.1. The van der Waals surface area contributed by atoms with Crippen LogP contribution in [0, 0.1) is 13.8 Å². The molecule has 120 valence electrons. The Bertz CT molecular complexity index is 727. The van der Waals surface area contributed by atoms with Crippen molar-refractivity contribution in [3.05, 3.63) is 53.0 Å². The van der Waals surface area contributed by atoms with Crippen molar-refractivity contribution in [1.29, 1.82) is 0 Å². The molecule has 1 saturated carbocycles. The van der Waals surface area contributed by atoms with Gasteiger partial charge in [-0.1, -0.05) is 12.1 Å². The lowest BCUT2D eigenvalue weighted by Gasteiger charge is -2.07. The van der Waals surface area contributed by atoms with E-state index in [-0.39, 0.29) is 11.8 Å². The van der Waals surface area contributed by atoms with Crippen LogP contribution in [0.5, 0.6) is 0 Å². The van der Waals surface area contributed by atoms with E-state index in [0.29, 0.717) is 35.2 Å². The van der Waals surface area contributed by atoms with E-state index in [4.69, 9.17) is 4.42 Å². The molecule has 0 bridgehead atoms. The second-order valence-corrected chi connectivity index (χ2v) is 6.00. The number of benzene rings is 1. The van der Waals surface area contributed by atoms with Crippen molar-refractivity contribution in [2.24, 2.45) is 0 Å². The minimum Gasteiger partial charge on any atom is -0.466 e. The van der Waals surface area contributed by atoms with Crippen LogP contribution in [0.25, 0.3) is 0 Å². The topological polar surface area (TPSA) is 71.3 Å². The number of hydrogen-bond donors (Lipinski definition) is 2. The van der Waals surface area contributed by atoms with Crippen molar-refractivity contribution in [3.63, 3.8) is 0 Å². The number of carbonyl (C=O) groups excluding carboxylic acids is 2. The predicted octanol–water partition coefficient (Wildman–Crippen LogP) is 2.97. The van der Waals surface area contributed by atoms with Crippen LogP contribution in [0.2, 0.25) is 0 Å². The third kappa shape index (κ3) is 4.00. The fourth-order valence-corrected chi connectivity index (χ4v) is 2.45. The molecule has 1 aromatic carbocycles. The van der Waals surface area contributed by atoms with Crippen molar-refractivity contribution in [1.82, 2.24) is 5.32 Å². The Morgan fingerprint density at radius 1 is 1.17 bits per heavy atom. The summed E-state index contributed by atoms with van der Waals surface area (Å²) in [6.45, 7) is 3.58. The van der Waals surface area contributed by atoms with Crippen LogP contribution >= 0.6 is 0 Å². The third-order valence-corrected chi connectivity index (χ3v) is 3.80. The van der Waals surface area contributed by atoms with Crippen molar-refractivity contribution in [2.45, 2.75) is 39.2 Å². The molecule has 1 heterocycles. The summed E-state index contributed by atoms with van der Waals surface area (Å²) in [6, 6.07) is 9.43. The van der Waals surface area contributed by atoms with Gasteiger partial charge in [0.2, 0.25) is 5.91 Å². The van der Waals surface area contributed by atoms with E-state index in [2.05, 4.69) is 10.6 Å². The molecule has 5 nitrogen and oxygen atoms in total. The van der Waals surface area contributed by atoms with E-state index in [1.807, 2.05) is 19.1 Å². The van der Waals surface area contributed by atoms with Gasteiger partial charge in [0.05, 0.1) is 12.0 Å². The summed E-state index contributed by atoms with van der Waals surface area (Å²) in [5.41, 5.74) is 2.16. The second-order valence-electron chi connectivity index (χ2n) is 6.00. The Morgan fingerprint density at radius 2 is 1.87 bits per heavy atom. The van der Waals surface area contributed by atoms with Crippen LogP contribution in [0.3, 0.4) is 0 Å². The fraction of sp³-hybridized carbons (Fsp3) is 0.333. The van der Waals surface area contributed by atoms with E-state index in [9.17, 15) is 9.59 Å². The smallest absolute Gasteiger partial charge is 0.259 e. The number of hydrogen-bond acceptors (Lipinski definition) is 3. The molecule has 2 N–H and O–H groups in total. The van der Waals surface area contributed by atoms with Crippen LogP contribution in [0.15, 0.2) is 34.7 Å². The Balaban J connectivity index is 1.59. The molecule has 2 amide bonds. The summed E-state index contributed by atoms with van der Waals surface area (Å²) < 4.78 is 5.37. The fourth-order valence-electron chi connectivity index (χ4n) is 2.45. The molecule has 0 radical (unpaired) electrons. The molecule has 23 heavy (non-hydrogen) atoms. The quantitative estimate of drug-likeness (QED) is 0.891. The zero-order chi connectivity index (χ0) is 16.4. The Hall–Kier alpha value is -2.56. The number of furan rings is 1. The average Bonchev–Trinajstić information content (AvgIpc) is 3.23. The highest BCUT2D eigenvalue weighted by atomic mass is 16.3. The maximum atomic E-state index is 12.2. The maximum Gasteiger partial charge on any atom is 0.259 e. The Labute approximate surface area is 135 Å². The van der Waals surface area contributed by atoms with Gasteiger partial charge in [0.1, 0.15) is 11.5 Å². The number of amides is 2. The van der Waals surface area contributed by atoms with E-state index < -0.39 is 0 Å². The molecule has 1 aliphatic rings. The van der Waals surface area contributed by atoms with E-state index in [0.717, 1.165) is 18.4 Å². The van der Waals surface area contributed by atoms with Crippen LogP contribution in [-0.4, -0.2) is 17.9 Å². The van der Waals surface area contributed by atoms with Gasteiger partial charge in [-0.25, -0.2) is 0 Å². The van der Waals surface area contributed by atoms with Crippen LogP contribution in [0.4, 0.5) is 5.69 Å². The zero-order valence-corrected chi connectivity index (χ0v) is 13.3. The number of anilines is 1. The molecular formula is C18H20N2O3. The first kappa shape index (κ1) is 15.3. The van der Waals surface area contributed by atoms with E-state index in [1.165, 1.54) is 0 Å². The molecule has 0 aliphatic heterocycles. The highest BCUT2D eigenvalue weighted by Gasteiger charge is 2.23. The maximum absolute atomic E-state index is 12.2. The highest BCUT2D eigenvalue weighted by Crippen LogP contribution is 2.19. The molecular weight excluding hydrogens is 292 g/mol. The standard InChI is InChI=1S/C18H20N2O3/c1-11-9-16(12(2)23-11)18(22)20-15-5-3-13(4-6-15)10-17(21)19-14-7-8-14/h3-6,9,14H,7-8,10H2,1-2H3,(H,19,21)(H,20,22). The number of carbonyl (C=O) groups is 2. The molecule has 2 aromatic rings. The third-order valence-electron chi connectivity index (χ3n) is 3.80. The molecule has 0 spiro atoms. The number of aryl methyl sites for hydroxylation is 2. The predicted molar refractivity (Wildman–Crippen MR) is 87.4 cm³/mol. The van der Waals surface area contributed by atoms with Crippen molar-refractivity contribution in [2.75, 3.05) is 5.32 Å². The van der Waals surface area contributed by atoms with Gasteiger partial charge in [-0.05, 0) is 50.5 Å². The van der Waals surface area contributed by atoms with Gasteiger partial charge in [-0.3, -0.25) is 9.59 Å². The highest BCUT2D eigenvalue weighted by molar-refractivity contribution is 6.05. The van der Waals surface area contributed by atoms with Crippen LogP contribution in [0.1, 0.15) is 40.3 Å². The molecule has 1 aliphatic carbocycles. The van der Waals surface area contributed by atoms with Gasteiger partial charge in [-0.2, -0.15) is 0 Å². The average molecular weight is 312 g/mol. The summed E-state index contributed by atoms with van der Waals surface area (Å²) in [6.07, 6.45) is 2.54. The van der Waals surface area contributed by atoms with Crippen LogP contribution in [-0.2, 0) is 11.2 Å². The monoisotopic (exact) mass is 312 g/mol. The summed E-state index contributed by atoms with van der Waals surface area (Å²) in [5.74, 6) is 1.17. The molecule has 0 saturated heterocycles. The lowest BCUT2D eigenvalue weighted by molar-refractivity contribution is -0.120. The van der Waals surface area contributed by atoms with Gasteiger partial charge in [0.25, 0.3) is 5.91 Å². The SMILES string of the molecule is Cc1cc(C(=O)Nc2ccc(CC(=O)NC3CC3)cc2)c(C)o1. The summed E-state index contributed by atoms with van der Waals surface area (Å²) >= 11 is 0. The minimum atomic E-state index is -0.196. The largest absolute Gasteiger partial charge is 0.466 e. The Morgan fingerprint density at radius 3 is 2.43 bits per heavy atom. The normalized spacial score (nSPS) is 13.7. The van der Waals surface area contributed by atoms with Gasteiger partial charge < -0.3 is 15.1 Å². The minimum absolute atomic E-state index is 0.0498. The van der Waals surface area contributed by atoms with Crippen molar-refractivity contribution in [3.8, 4) is 0 Å². The summed E-state index contributed by atoms with van der Waals surface area (Å²) in [5, 5.41) is 5.80. The van der Waals surface area contributed by atoms with E-state index in [1.54, 1.807) is 25.1 Å². The first-order chi connectivity index (χ1) is 11.0. The summed E-state index contributed by atoms with van der Waals surface area (Å²) in [4.78, 5) is 24.0. The summed E-state index contributed by atoms with van der Waals surface area (Å²) in [7, 11) is 0. The van der Waals surface area contributed by atoms with E-state index >= 15 is 0 Å². The van der Waals surface area contributed by atoms with Gasteiger partial charge in [0, 0.05) is 11.7 Å². The molecule has 1 fully saturated rings. The second kappa shape index (κ2) is 6.28. The van der Waals surface area contributed by atoms with Crippen molar-refractivity contribution >= 4 is 17.5 Å². The van der Waals surface area contributed by atoms with Gasteiger partial charge in [0.15, 0.2) is 0 Å². The molecule has 0 atom stereocenters. The molecule has 3 rings (SSSR count). The lowest BCUT2D eigenvalue weighted by Crippen LogP contribution is -2.26. The Kier molecular flexibility index (Phi) is 4.19. The number of rotatable bonds is 5. The van der Waals surface area contributed by atoms with Gasteiger partial charge in [-0.15, -0.1) is 0 Å². The first-order valence-corrected chi connectivity index (χ1v) is 7.78. The van der Waals surface area contributed by atoms with Crippen molar-refractivity contribution < 1.29 is 14.0 Å². The van der Waals surface area contributed by atoms with Gasteiger partial charge >= 0.3 is 0 Å². The molecule has 1 aromatic heterocycles.